The molecule has 0 aliphatic heterocycles. The Balaban J connectivity index is 1.70. The molecular formula is C27H34O4. The van der Waals surface area contributed by atoms with Crippen LogP contribution in [0.25, 0.3) is 0 Å². The minimum absolute atomic E-state index is 0.0947. The van der Waals surface area contributed by atoms with Crippen molar-refractivity contribution >= 4 is 11.9 Å². The van der Waals surface area contributed by atoms with Gasteiger partial charge in [-0.05, 0) is 80.3 Å². The molecular weight excluding hydrogens is 388 g/mol. The standard InChI is InChI=1S/C27H34O4/c1-17-7-12-22(15-18(17)2)27(4,5)23-13-14-24(19(3)16-23)31-26(29)21-10-8-20(9-11-21)25(28)30-6/h7,12-16,20-21H,8-11H2,1-6H3. The van der Waals surface area contributed by atoms with Gasteiger partial charge in [0, 0.05) is 5.41 Å². The molecule has 0 atom stereocenters. The molecule has 1 fully saturated rings. The first-order chi connectivity index (χ1) is 14.6. The van der Waals surface area contributed by atoms with Gasteiger partial charge in [0.25, 0.3) is 0 Å². The van der Waals surface area contributed by atoms with Crippen LogP contribution in [0.3, 0.4) is 0 Å². The van der Waals surface area contributed by atoms with Gasteiger partial charge in [-0.25, -0.2) is 0 Å². The second kappa shape index (κ2) is 9.25. The second-order valence-electron chi connectivity index (χ2n) is 9.40. The maximum Gasteiger partial charge on any atom is 0.314 e. The van der Waals surface area contributed by atoms with Crippen LogP contribution in [0.1, 0.15) is 67.3 Å². The molecule has 4 heteroatoms. The van der Waals surface area contributed by atoms with Crippen molar-refractivity contribution in [2.75, 3.05) is 7.11 Å². The minimum Gasteiger partial charge on any atom is -0.469 e. The number of hydrogen-bond donors (Lipinski definition) is 0. The normalized spacial score (nSPS) is 19.0. The first kappa shape index (κ1) is 23.1. The van der Waals surface area contributed by atoms with Crippen molar-refractivity contribution in [2.45, 2.75) is 65.7 Å². The van der Waals surface area contributed by atoms with Crippen LogP contribution in [0.5, 0.6) is 5.75 Å². The smallest absolute Gasteiger partial charge is 0.314 e. The molecule has 0 unspecified atom stereocenters. The highest BCUT2D eigenvalue weighted by Gasteiger charge is 2.32. The molecule has 31 heavy (non-hydrogen) atoms. The topological polar surface area (TPSA) is 52.6 Å². The lowest BCUT2D eigenvalue weighted by molar-refractivity contribution is -0.149. The summed E-state index contributed by atoms with van der Waals surface area (Å²) >= 11 is 0. The molecule has 2 aromatic carbocycles. The Labute approximate surface area is 186 Å². The fourth-order valence-corrected chi connectivity index (χ4v) is 4.37. The zero-order valence-electron chi connectivity index (χ0n) is 19.6. The quantitative estimate of drug-likeness (QED) is 0.450. The van der Waals surface area contributed by atoms with E-state index in [0.29, 0.717) is 31.4 Å². The highest BCUT2D eigenvalue weighted by atomic mass is 16.5. The van der Waals surface area contributed by atoms with Gasteiger partial charge in [0.15, 0.2) is 0 Å². The van der Waals surface area contributed by atoms with Crippen molar-refractivity contribution in [1.82, 2.24) is 0 Å². The van der Waals surface area contributed by atoms with Crippen molar-refractivity contribution in [3.8, 4) is 5.75 Å². The van der Waals surface area contributed by atoms with Gasteiger partial charge < -0.3 is 9.47 Å². The largest absolute Gasteiger partial charge is 0.469 e. The van der Waals surface area contributed by atoms with E-state index in [1.54, 1.807) is 0 Å². The average Bonchev–Trinajstić information content (AvgIpc) is 2.76. The lowest BCUT2D eigenvalue weighted by Crippen LogP contribution is -2.29. The van der Waals surface area contributed by atoms with Crippen LogP contribution < -0.4 is 4.74 Å². The molecule has 1 aliphatic carbocycles. The summed E-state index contributed by atoms with van der Waals surface area (Å²) in [5.41, 5.74) is 5.83. The fourth-order valence-electron chi connectivity index (χ4n) is 4.37. The van der Waals surface area contributed by atoms with Crippen molar-refractivity contribution < 1.29 is 19.1 Å². The van der Waals surface area contributed by atoms with Crippen LogP contribution >= 0.6 is 0 Å². The average molecular weight is 423 g/mol. The SMILES string of the molecule is COC(=O)C1CCC(C(=O)Oc2ccc(C(C)(C)c3ccc(C)c(C)c3)cc2C)CC1. The van der Waals surface area contributed by atoms with E-state index in [-0.39, 0.29) is 29.2 Å². The third-order valence-corrected chi connectivity index (χ3v) is 6.93. The lowest BCUT2D eigenvalue weighted by atomic mass is 9.77. The van der Waals surface area contributed by atoms with E-state index in [1.807, 2.05) is 13.0 Å². The number of esters is 2. The summed E-state index contributed by atoms with van der Waals surface area (Å²) in [5, 5.41) is 0. The summed E-state index contributed by atoms with van der Waals surface area (Å²) in [6.07, 6.45) is 2.67. The molecule has 0 radical (unpaired) electrons. The Morgan fingerprint density at radius 2 is 1.29 bits per heavy atom. The molecule has 1 saturated carbocycles. The molecule has 0 amide bonds. The van der Waals surface area contributed by atoms with Gasteiger partial charge in [0.1, 0.15) is 5.75 Å². The van der Waals surface area contributed by atoms with Gasteiger partial charge in [-0.3, -0.25) is 9.59 Å². The predicted molar refractivity (Wildman–Crippen MR) is 122 cm³/mol. The first-order valence-electron chi connectivity index (χ1n) is 11.1. The second-order valence-corrected chi connectivity index (χ2v) is 9.40. The Kier molecular flexibility index (Phi) is 6.88. The van der Waals surface area contributed by atoms with Gasteiger partial charge in [-0.2, -0.15) is 0 Å². The van der Waals surface area contributed by atoms with Gasteiger partial charge >= 0.3 is 11.9 Å². The van der Waals surface area contributed by atoms with E-state index in [4.69, 9.17) is 9.47 Å². The summed E-state index contributed by atoms with van der Waals surface area (Å²) in [6.45, 7) is 10.7. The van der Waals surface area contributed by atoms with E-state index >= 15 is 0 Å². The summed E-state index contributed by atoms with van der Waals surface area (Å²) in [7, 11) is 1.41. The summed E-state index contributed by atoms with van der Waals surface area (Å²) in [4.78, 5) is 24.4. The van der Waals surface area contributed by atoms with Gasteiger partial charge in [-0.15, -0.1) is 0 Å². The Morgan fingerprint density at radius 3 is 1.81 bits per heavy atom. The summed E-state index contributed by atoms with van der Waals surface area (Å²) in [5.74, 6) is -0.0216. The van der Waals surface area contributed by atoms with Gasteiger partial charge in [-0.1, -0.05) is 44.2 Å². The molecule has 1 aliphatic rings. The Morgan fingerprint density at radius 1 is 0.774 bits per heavy atom. The number of ether oxygens (including phenoxy) is 2. The van der Waals surface area contributed by atoms with Crippen molar-refractivity contribution in [1.29, 1.82) is 0 Å². The summed E-state index contributed by atoms with van der Waals surface area (Å²) in [6, 6.07) is 12.7. The fraction of sp³-hybridized carbons (Fsp3) is 0.481. The molecule has 166 valence electrons. The molecule has 3 rings (SSSR count). The molecule has 2 aromatic rings. The van der Waals surface area contributed by atoms with Crippen LogP contribution in [-0.2, 0) is 19.7 Å². The highest BCUT2D eigenvalue weighted by molar-refractivity contribution is 5.77. The Bertz CT molecular complexity index is 965. The van der Waals surface area contributed by atoms with Gasteiger partial charge in [0.2, 0.25) is 0 Å². The number of carbonyl (C=O) groups is 2. The van der Waals surface area contributed by atoms with Crippen LogP contribution in [0, 0.1) is 32.6 Å². The molecule has 0 bridgehead atoms. The van der Waals surface area contributed by atoms with E-state index in [0.717, 1.165) is 5.56 Å². The zero-order valence-corrected chi connectivity index (χ0v) is 19.6. The van der Waals surface area contributed by atoms with Gasteiger partial charge in [0.05, 0.1) is 18.9 Å². The zero-order chi connectivity index (χ0) is 22.8. The van der Waals surface area contributed by atoms with E-state index < -0.39 is 0 Å². The molecule has 0 N–H and O–H groups in total. The van der Waals surface area contributed by atoms with Crippen molar-refractivity contribution in [3.05, 3.63) is 64.2 Å². The summed E-state index contributed by atoms with van der Waals surface area (Å²) < 4.78 is 10.6. The molecule has 4 nitrogen and oxygen atoms in total. The number of carbonyl (C=O) groups excluding carboxylic acids is 2. The monoisotopic (exact) mass is 422 g/mol. The van der Waals surface area contributed by atoms with Crippen molar-refractivity contribution in [2.24, 2.45) is 11.8 Å². The maximum atomic E-state index is 12.7. The molecule has 0 saturated heterocycles. The van der Waals surface area contributed by atoms with E-state index in [2.05, 4.69) is 58.0 Å². The van der Waals surface area contributed by atoms with E-state index in [1.165, 1.54) is 29.4 Å². The minimum atomic E-state index is -0.201. The highest BCUT2D eigenvalue weighted by Crippen LogP contribution is 2.36. The number of benzene rings is 2. The number of methoxy groups -OCH3 is 1. The molecule has 0 heterocycles. The van der Waals surface area contributed by atoms with Crippen LogP contribution in [0.2, 0.25) is 0 Å². The van der Waals surface area contributed by atoms with Crippen LogP contribution in [0.15, 0.2) is 36.4 Å². The number of aryl methyl sites for hydroxylation is 3. The lowest BCUT2D eigenvalue weighted by Gasteiger charge is -2.28. The third-order valence-electron chi connectivity index (χ3n) is 6.93. The van der Waals surface area contributed by atoms with Crippen LogP contribution in [-0.4, -0.2) is 19.0 Å². The maximum absolute atomic E-state index is 12.7. The third kappa shape index (κ3) is 5.00. The van der Waals surface area contributed by atoms with Crippen LogP contribution in [0.4, 0.5) is 0 Å². The number of rotatable bonds is 5. The molecule has 0 spiro atoms. The molecule has 0 aromatic heterocycles. The first-order valence-corrected chi connectivity index (χ1v) is 11.1. The van der Waals surface area contributed by atoms with E-state index in [9.17, 15) is 9.59 Å². The van der Waals surface area contributed by atoms with Crippen molar-refractivity contribution in [3.63, 3.8) is 0 Å². The number of hydrogen-bond acceptors (Lipinski definition) is 4. The Hall–Kier alpha value is -2.62. The predicted octanol–water partition coefficient (Wildman–Crippen LogP) is 5.82.